The Hall–Kier alpha value is -1.70. The van der Waals surface area contributed by atoms with Crippen molar-refractivity contribution in [2.45, 2.75) is 52.9 Å². The van der Waals surface area contributed by atoms with Gasteiger partial charge in [-0.25, -0.2) is 9.98 Å². The van der Waals surface area contributed by atoms with E-state index in [2.05, 4.69) is 46.3 Å². The molecule has 0 radical (unpaired) electrons. The van der Waals surface area contributed by atoms with Crippen molar-refractivity contribution in [3.63, 3.8) is 0 Å². The molecule has 2 N–H and O–H groups in total. The number of hydrogen-bond donors (Lipinski definition) is 2. The Morgan fingerprint density at radius 1 is 1.42 bits per heavy atom. The maximum atomic E-state index is 12.9. The lowest BCUT2D eigenvalue weighted by Gasteiger charge is -2.22. The molecule has 2 atom stereocenters. The van der Waals surface area contributed by atoms with Gasteiger partial charge < -0.3 is 10.6 Å². The summed E-state index contributed by atoms with van der Waals surface area (Å²) in [4.78, 5) is 10.8. The number of aromatic nitrogens is 2. The van der Waals surface area contributed by atoms with Crippen molar-refractivity contribution in [1.82, 2.24) is 25.1 Å². The monoisotopic (exact) mass is 342 g/mol. The van der Waals surface area contributed by atoms with Gasteiger partial charge in [0.1, 0.15) is 12.4 Å². The second kappa shape index (κ2) is 8.41. The first-order valence-electron chi connectivity index (χ1n) is 8.51. The molecular weight excluding hydrogens is 314 g/mol. The Labute approximate surface area is 142 Å². The highest BCUT2D eigenvalue weighted by molar-refractivity contribution is 5.80. The van der Waals surface area contributed by atoms with Crippen LogP contribution in [0.4, 0.5) is 8.78 Å². The summed E-state index contributed by atoms with van der Waals surface area (Å²) in [6.07, 6.45) is 2.65. The van der Waals surface area contributed by atoms with E-state index in [0.29, 0.717) is 30.5 Å². The summed E-state index contributed by atoms with van der Waals surface area (Å²) in [7, 11) is 0. The van der Waals surface area contributed by atoms with Crippen LogP contribution in [0, 0.1) is 5.92 Å². The van der Waals surface area contributed by atoms with E-state index < -0.39 is 6.55 Å². The summed E-state index contributed by atoms with van der Waals surface area (Å²) in [6.45, 7) is 8.81. The largest absolute Gasteiger partial charge is 0.357 e. The lowest BCUT2D eigenvalue weighted by atomic mass is 10.1. The van der Waals surface area contributed by atoms with E-state index >= 15 is 0 Å². The molecular formula is C16H28F2N6. The Kier molecular flexibility index (Phi) is 6.53. The van der Waals surface area contributed by atoms with Gasteiger partial charge in [-0.3, -0.25) is 9.47 Å². The fourth-order valence-corrected chi connectivity index (χ4v) is 2.90. The van der Waals surface area contributed by atoms with E-state index in [4.69, 9.17) is 0 Å². The molecule has 1 aromatic heterocycles. The van der Waals surface area contributed by atoms with E-state index in [0.717, 1.165) is 17.7 Å². The zero-order valence-electron chi connectivity index (χ0n) is 14.8. The zero-order chi connectivity index (χ0) is 17.7. The number of halogens is 2. The smallest absolute Gasteiger partial charge is 0.319 e. The molecule has 1 aliphatic rings. The Morgan fingerprint density at radius 2 is 2.17 bits per heavy atom. The van der Waals surface area contributed by atoms with Gasteiger partial charge in [0, 0.05) is 44.1 Å². The molecule has 8 heteroatoms. The normalized spacial score (nSPS) is 22.6. The quantitative estimate of drug-likeness (QED) is 0.614. The van der Waals surface area contributed by atoms with E-state index in [1.165, 1.54) is 12.4 Å². The van der Waals surface area contributed by atoms with Crippen LogP contribution in [-0.2, 0) is 6.54 Å². The Balaban J connectivity index is 2.02. The first-order valence-corrected chi connectivity index (χ1v) is 8.51. The average Bonchev–Trinajstić information content (AvgIpc) is 3.12. The number of guanidine groups is 1. The molecule has 2 unspecified atom stereocenters. The van der Waals surface area contributed by atoms with Crippen molar-refractivity contribution in [1.29, 1.82) is 0 Å². The fraction of sp³-hybridized carbons (Fsp3) is 0.750. The second-order valence-corrected chi connectivity index (χ2v) is 6.50. The van der Waals surface area contributed by atoms with Gasteiger partial charge in [-0.1, -0.05) is 6.92 Å². The van der Waals surface area contributed by atoms with Gasteiger partial charge in [0.2, 0.25) is 0 Å². The molecule has 1 aromatic rings. The predicted molar refractivity (Wildman–Crippen MR) is 91.1 cm³/mol. The number of likely N-dealkylation sites (tertiary alicyclic amines) is 1. The third kappa shape index (κ3) is 4.66. The first kappa shape index (κ1) is 18.6. The number of alkyl halides is 2. The molecule has 2 rings (SSSR count). The predicted octanol–water partition coefficient (Wildman–Crippen LogP) is 2.06. The van der Waals surface area contributed by atoms with Crippen molar-refractivity contribution >= 4 is 5.96 Å². The van der Waals surface area contributed by atoms with Gasteiger partial charge >= 0.3 is 6.55 Å². The van der Waals surface area contributed by atoms with Crippen LogP contribution in [0.2, 0.25) is 0 Å². The molecule has 0 amide bonds. The zero-order valence-corrected chi connectivity index (χ0v) is 14.8. The fourth-order valence-electron chi connectivity index (χ4n) is 2.90. The van der Waals surface area contributed by atoms with Gasteiger partial charge in [-0.2, -0.15) is 8.78 Å². The van der Waals surface area contributed by atoms with E-state index in [1.807, 2.05) is 6.92 Å². The molecule has 0 bridgehead atoms. The number of nitrogens with one attached hydrogen (secondary N) is 2. The minimum absolute atomic E-state index is 0.113. The summed E-state index contributed by atoms with van der Waals surface area (Å²) >= 11 is 0. The molecule has 136 valence electrons. The van der Waals surface area contributed by atoms with Crippen LogP contribution in [0.1, 0.15) is 40.1 Å². The number of aliphatic imine (C=N–C) groups is 1. The maximum absolute atomic E-state index is 12.9. The van der Waals surface area contributed by atoms with E-state index in [-0.39, 0.29) is 12.4 Å². The van der Waals surface area contributed by atoms with E-state index in [9.17, 15) is 8.78 Å². The van der Waals surface area contributed by atoms with Crippen molar-refractivity contribution in [3.8, 4) is 0 Å². The highest BCUT2D eigenvalue weighted by atomic mass is 19.3. The van der Waals surface area contributed by atoms with Crippen LogP contribution in [0.25, 0.3) is 0 Å². The Morgan fingerprint density at radius 3 is 2.75 bits per heavy atom. The molecule has 6 nitrogen and oxygen atoms in total. The van der Waals surface area contributed by atoms with Crippen molar-refractivity contribution in [2.75, 3.05) is 19.6 Å². The van der Waals surface area contributed by atoms with Crippen molar-refractivity contribution in [3.05, 3.63) is 18.2 Å². The number of imidazole rings is 1. The van der Waals surface area contributed by atoms with Crippen molar-refractivity contribution in [2.24, 2.45) is 10.9 Å². The topological polar surface area (TPSA) is 57.5 Å². The summed E-state index contributed by atoms with van der Waals surface area (Å²) in [5, 5.41) is 6.62. The summed E-state index contributed by atoms with van der Waals surface area (Å²) in [5.74, 6) is 1.40. The molecule has 1 saturated heterocycles. The molecule has 0 spiro atoms. The van der Waals surface area contributed by atoms with Gasteiger partial charge in [0.15, 0.2) is 5.96 Å². The average molecular weight is 342 g/mol. The SMILES string of the molecule is CCNC(=NCc1nccn1C(F)F)NC1CN(C(C)C)CC1C. The van der Waals surface area contributed by atoms with Gasteiger partial charge in [-0.05, 0) is 26.7 Å². The molecule has 1 fully saturated rings. The number of nitrogens with zero attached hydrogens (tertiary/aromatic N) is 4. The third-order valence-electron chi connectivity index (χ3n) is 4.37. The van der Waals surface area contributed by atoms with E-state index in [1.54, 1.807) is 0 Å². The molecule has 0 aliphatic carbocycles. The molecule has 24 heavy (non-hydrogen) atoms. The Bertz CT molecular complexity index is 542. The maximum Gasteiger partial charge on any atom is 0.319 e. The summed E-state index contributed by atoms with van der Waals surface area (Å²) in [6, 6.07) is 0.803. The molecule has 0 aromatic carbocycles. The number of hydrogen-bond acceptors (Lipinski definition) is 3. The van der Waals surface area contributed by atoms with Crippen LogP contribution in [0.5, 0.6) is 0 Å². The van der Waals surface area contributed by atoms with Gasteiger partial charge in [-0.15, -0.1) is 0 Å². The summed E-state index contributed by atoms with van der Waals surface area (Å²) in [5.41, 5.74) is 0. The van der Waals surface area contributed by atoms with Gasteiger partial charge in [0.25, 0.3) is 0 Å². The van der Waals surface area contributed by atoms with Crippen LogP contribution >= 0.6 is 0 Å². The van der Waals surface area contributed by atoms with Crippen LogP contribution < -0.4 is 10.6 Å². The lowest BCUT2D eigenvalue weighted by molar-refractivity contribution is 0.0671. The number of rotatable bonds is 6. The third-order valence-corrected chi connectivity index (χ3v) is 4.37. The van der Waals surface area contributed by atoms with Gasteiger partial charge in [0.05, 0.1) is 0 Å². The minimum atomic E-state index is -2.59. The molecule has 2 heterocycles. The highest BCUT2D eigenvalue weighted by Gasteiger charge is 2.31. The molecule has 1 aliphatic heterocycles. The minimum Gasteiger partial charge on any atom is -0.357 e. The summed E-state index contributed by atoms with van der Waals surface area (Å²) < 4.78 is 26.6. The van der Waals surface area contributed by atoms with Crippen LogP contribution in [0.15, 0.2) is 17.4 Å². The molecule has 0 saturated carbocycles. The van der Waals surface area contributed by atoms with Crippen LogP contribution in [0.3, 0.4) is 0 Å². The van der Waals surface area contributed by atoms with Crippen LogP contribution in [-0.4, -0.2) is 52.1 Å². The van der Waals surface area contributed by atoms with Crippen molar-refractivity contribution < 1.29 is 8.78 Å². The first-order chi connectivity index (χ1) is 11.4. The standard InChI is InChI=1S/C16H28F2N6/c1-5-19-16(21-8-14-20-6-7-24(14)15(17)18)22-13-10-23(11(2)3)9-12(13)4/h6-7,11-13,15H,5,8-10H2,1-4H3,(H2,19,21,22). The highest BCUT2D eigenvalue weighted by Crippen LogP contribution is 2.18. The second-order valence-electron chi connectivity index (χ2n) is 6.50. The lowest BCUT2D eigenvalue weighted by Crippen LogP contribution is -2.46.